The molecule has 0 aromatic heterocycles. The normalized spacial score (nSPS) is 29.9. The number of hydroxylamine groups is 2. The number of carbonyl (C=O) groups is 1. The van der Waals surface area contributed by atoms with Gasteiger partial charge in [0.25, 0.3) is 0 Å². The van der Waals surface area contributed by atoms with Crippen LogP contribution in [-0.4, -0.2) is 56.5 Å². The van der Waals surface area contributed by atoms with E-state index in [0.29, 0.717) is 18.3 Å². The highest BCUT2D eigenvalue weighted by Gasteiger charge is 2.50. The molecule has 21 heavy (non-hydrogen) atoms. The summed E-state index contributed by atoms with van der Waals surface area (Å²) in [4.78, 5) is 17.7. The third-order valence-corrected chi connectivity index (χ3v) is 4.14. The van der Waals surface area contributed by atoms with Crippen molar-refractivity contribution in [1.29, 1.82) is 0 Å². The first kappa shape index (κ1) is 14.3. The predicted molar refractivity (Wildman–Crippen MR) is 75.7 cm³/mol. The number of likely N-dealkylation sites (N-methyl/N-ethyl adjacent to an activating group) is 1. The minimum atomic E-state index is -0.698. The number of esters is 1. The van der Waals surface area contributed by atoms with Crippen LogP contribution >= 0.6 is 0 Å². The van der Waals surface area contributed by atoms with Crippen molar-refractivity contribution in [1.82, 2.24) is 10.4 Å². The summed E-state index contributed by atoms with van der Waals surface area (Å²) < 4.78 is 10.8. The topological polar surface area (TPSA) is 60.0 Å². The molecule has 3 rings (SSSR count). The Morgan fingerprint density at radius 3 is 2.90 bits per heavy atom. The van der Waals surface area contributed by atoms with Gasteiger partial charge in [0.15, 0.2) is 0 Å². The fourth-order valence-electron chi connectivity index (χ4n) is 3.12. The van der Waals surface area contributed by atoms with Gasteiger partial charge in [-0.3, -0.25) is 4.84 Å². The Labute approximate surface area is 123 Å². The number of hydrogen-bond acceptors (Lipinski definition) is 6. The van der Waals surface area contributed by atoms with Crippen molar-refractivity contribution in [3.05, 3.63) is 30.3 Å². The maximum absolute atomic E-state index is 12.2. The molecule has 0 spiro atoms. The molecule has 0 radical (unpaired) electrons. The second-order valence-corrected chi connectivity index (χ2v) is 5.40. The fraction of sp³-hybridized carbons (Fsp3) is 0.533. The zero-order chi connectivity index (χ0) is 14.8. The predicted octanol–water partition coefficient (Wildman–Crippen LogP) is 0.441. The van der Waals surface area contributed by atoms with Crippen LogP contribution < -0.4 is 10.1 Å². The Hall–Kier alpha value is -1.63. The van der Waals surface area contributed by atoms with Crippen molar-refractivity contribution < 1.29 is 19.1 Å². The molecule has 2 heterocycles. The zero-order valence-electron chi connectivity index (χ0n) is 12.2. The number of nitrogens with zero attached hydrogens (tertiary/aromatic N) is 1. The zero-order valence-corrected chi connectivity index (χ0v) is 12.2. The first-order valence-electron chi connectivity index (χ1n) is 7.09. The van der Waals surface area contributed by atoms with Crippen LogP contribution in [0.2, 0.25) is 0 Å². The number of ether oxygens (including phenoxy) is 2. The third kappa shape index (κ3) is 2.74. The number of fused-ring (bicyclic) bond motifs is 1. The second-order valence-electron chi connectivity index (χ2n) is 5.40. The molecule has 114 valence electrons. The minimum Gasteiger partial charge on any atom is -0.477 e. The van der Waals surface area contributed by atoms with E-state index in [1.165, 1.54) is 7.11 Å². The molecule has 0 unspecified atom stereocenters. The summed E-state index contributed by atoms with van der Waals surface area (Å²) in [6.45, 7) is 1.48. The Bertz CT molecular complexity index is 496. The molecule has 2 aliphatic rings. The molecule has 1 aromatic rings. The highest BCUT2D eigenvalue weighted by atomic mass is 16.7. The van der Waals surface area contributed by atoms with Crippen LogP contribution in [0.3, 0.4) is 0 Å². The van der Waals surface area contributed by atoms with E-state index in [2.05, 4.69) is 5.32 Å². The Kier molecular flexibility index (Phi) is 4.10. The Balaban J connectivity index is 1.81. The summed E-state index contributed by atoms with van der Waals surface area (Å²) in [6, 6.07) is 9.27. The molecule has 2 aliphatic heterocycles. The second kappa shape index (κ2) is 6.01. The van der Waals surface area contributed by atoms with Gasteiger partial charge in [0.05, 0.1) is 25.8 Å². The Morgan fingerprint density at radius 1 is 1.43 bits per heavy atom. The molecule has 0 bridgehead atoms. The number of benzene rings is 1. The molecule has 1 aromatic carbocycles. The van der Waals surface area contributed by atoms with Gasteiger partial charge >= 0.3 is 5.97 Å². The lowest BCUT2D eigenvalue weighted by Gasteiger charge is -2.29. The minimum absolute atomic E-state index is 0.109. The summed E-state index contributed by atoms with van der Waals surface area (Å²) in [7, 11) is 3.27. The van der Waals surface area contributed by atoms with Gasteiger partial charge in [0.1, 0.15) is 5.75 Å². The van der Waals surface area contributed by atoms with E-state index in [1.807, 2.05) is 42.4 Å². The third-order valence-electron chi connectivity index (χ3n) is 4.14. The van der Waals surface area contributed by atoms with E-state index in [0.717, 1.165) is 6.54 Å². The van der Waals surface area contributed by atoms with Crippen LogP contribution in [0.25, 0.3) is 0 Å². The number of para-hydroxylation sites is 1. The van der Waals surface area contributed by atoms with E-state index < -0.39 is 6.10 Å². The van der Waals surface area contributed by atoms with Crippen LogP contribution in [0.15, 0.2) is 30.3 Å². The lowest BCUT2D eigenvalue weighted by atomic mass is 9.97. The van der Waals surface area contributed by atoms with Crippen LogP contribution in [0, 0.1) is 5.92 Å². The van der Waals surface area contributed by atoms with Gasteiger partial charge in [-0.2, -0.15) is 5.06 Å². The number of hydrogen-bond donors (Lipinski definition) is 1. The molecule has 0 saturated carbocycles. The van der Waals surface area contributed by atoms with E-state index in [1.54, 1.807) is 0 Å². The van der Waals surface area contributed by atoms with E-state index in [-0.39, 0.29) is 18.1 Å². The quantitative estimate of drug-likeness (QED) is 0.813. The van der Waals surface area contributed by atoms with Gasteiger partial charge in [-0.1, -0.05) is 18.2 Å². The molecule has 0 aliphatic carbocycles. The highest BCUT2D eigenvalue weighted by Crippen LogP contribution is 2.30. The largest absolute Gasteiger partial charge is 0.477 e. The van der Waals surface area contributed by atoms with Crippen molar-refractivity contribution >= 4 is 5.97 Å². The Morgan fingerprint density at radius 2 is 2.19 bits per heavy atom. The first-order chi connectivity index (χ1) is 10.2. The van der Waals surface area contributed by atoms with Crippen LogP contribution in [0.1, 0.15) is 0 Å². The molecular weight excluding hydrogens is 272 g/mol. The molecule has 2 saturated heterocycles. The lowest BCUT2D eigenvalue weighted by Crippen LogP contribution is -2.53. The number of methoxy groups -OCH3 is 1. The monoisotopic (exact) mass is 292 g/mol. The number of carbonyl (C=O) groups excluding carboxylic acids is 1. The van der Waals surface area contributed by atoms with Gasteiger partial charge < -0.3 is 14.8 Å². The van der Waals surface area contributed by atoms with Crippen molar-refractivity contribution in [3.8, 4) is 5.75 Å². The van der Waals surface area contributed by atoms with Gasteiger partial charge in [-0.05, 0) is 12.1 Å². The van der Waals surface area contributed by atoms with Gasteiger partial charge in [-0.25, -0.2) is 4.79 Å². The van der Waals surface area contributed by atoms with Gasteiger partial charge in [0.2, 0.25) is 6.10 Å². The molecule has 4 atom stereocenters. The first-order valence-corrected chi connectivity index (χ1v) is 7.09. The smallest absolute Gasteiger partial charge is 0.348 e. The highest BCUT2D eigenvalue weighted by molar-refractivity contribution is 5.76. The average molecular weight is 292 g/mol. The molecule has 6 nitrogen and oxygen atoms in total. The summed E-state index contributed by atoms with van der Waals surface area (Å²) in [5.41, 5.74) is 0. The molecule has 1 N–H and O–H groups in total. The van der Waals surface area contributed by atoms with Crippen molar-refractivity contribution in [2.75, 3.05) is 27.3 Å². The fourth-order valence-corrected chi connectivity index (χ4v) is 3.12. The standard InChI is InChI=1S/C15H20N2O4/c1-17-13-10(9-20-17)8-16-12(13)14(15(18)19-2)21-11-6-4-3-5-7-11/h3-7,10,12-14,16H,8-9H2,1-2H3/t10-,12+,13+,14-/m1/s1. The summed E-state index contributed by atoms with van der Waals surface area (Å²) >= 11 is 0. The lowest BCUT2D eigenvalue weighted by molar-refractivity contribution is -0.154. The van der Waals surface area contributed by atoms with E-state index >= 15 is 0 Å². The van der Waals surface area contributed by atoms with Crippen LogP contribution in [-0.2, 0) is 14.4 Å². The summed E-state index contributed by atoms with van der Waals surface area (Å²) in [5, 5.41) is 5.20. The van der Waals surface area contributed by atoms with Crippen LogP contribution in [0.5, 0.6) is 5.75 Å². The molecular formula is C15H20N2O4. The summed E-state index contributed by atoms with van der Waals surface area (Å²) in [6.07, 6.45) is -0.698. The maximum atomic E-state index is 12.2. The number of nitrogens with one attached hydrogen (secondary N) is 1. The summed E-state index contributed by atoms with van der Waals surface area (Å²) in [5.74, 6) is 0.642. The maximum Gasteiger partial charge on any atom is 0.348 e. The van der Waals surface area contributed by atoms with Crippen molar-refractivity contribution in [2.24, 2.45) is 5.92 Å². The van der Waals surface area contributed by atoms with Gasteiger partial charge in [0, 0.05) is 19.5 Å². The molecule has 6 heteroatoms. The van der Waals surface area contributed by atoms with Crippen molar-refractivity contribution in [3.63, 3.8) is 0 Å². The molecule has 0 amide bonds. The van der Waals surface area contributed by atoms with Gasteiger partial charge in [-0.15, -0.1) is 0 Å². The van der Waals surface area contributed by atoms with E-state index in [9.17, 15) is 4.79 Å². The van der Waals surface area contributed by atoms with E-state index in [4.69, 9.17) is 14.3 Å². The van der Waals surface area contributed by atoms with Crippen LogP contribution in [0.4, 0.5) is 0 Å². The average Bonchev–Trinajstić information content (AvgIpc) is 3.09. The molecule has 2 fully saturated rings. The van der Waals surface area contributed by atoms with Crippen molar-refractivity contribution in [2.45, 2.75) is 18.2 Å². The SMILES string of the molecule is COC(=O)[C@H](Oc1ccccc1)[C@H]1NC[C@@H]2CON(C)[C@@H]21. The number of rotatable bonds is 4.